The van der Waals surface area contributed by atoms with E-state index < -0.39 is 0 Å². The average Bonchev–Trinajstić information content (AvgIpc) is 2.80. The van der Waals surface area contributed by atoms with Crippen molar-refractivity contribution in [3.63, 3.8) is 0 Å². The van der Waals surface area contributed by atoms with Crippen molar-refractivity contribution in [1.82, 2.24) is 4.90 Å². The molecule has 0 amide bonds. The van der Waals surface area contributed by atoms with Crippen LogP contribution in [-0.2, 0) is 0 Å². The number of fused-ring (bicyclic) bond motifs is 1. The van der Waals surface area contributed by atoms with Gasteiger partial charge in [0.1, 0.15) is 28.2 Å². The van der Waals surface area contributed by atoms with E-state index in [2.05, 4.69) is 11.9 Å². The molecule has 1 aromatic heterocycles. The Morgan fingerprint density at radius 2 is 1.59 bits per heavy atom. The van der Waals surface area contributed by atoms with Gasteiger partial charge < -0.3 is 19.5 Å². The SMILES string of the molecule is CN1CCC(c2cc(-c3ccccc3)c(O)c3c(=O)cc(-c4ccccc4O)oc23)CC1. The molecule has 1 aliphatic heterocycles. The number of para-hydroxylation sites is 1. The Morgan fingerprint density at radius 1 is 0.906 bits per heavy atom. The molecule has 5 heteroatoms. The van der Waals surface area contributed by atoms with Crippen molar-refractivity contribution in [2.75, 3.05) is 20.1 Å². The van der Waals surface area contributed by atoms with Gasteiger partial charge in [-0.1, -0.05) is 42.5 Å². The molecule has 0 radical (unpaired) electrons. The molecule has 1 fully saturated rings. The number of rotatable bonds is 3. The van der Waals surface area contributed by atoms with E-state index in [1.54, 1.807) is 24.3 Å². The molecule has 162 valence electrons. The van der Waals surface area contributed by atoms with Gasteiger partial charge in [-0.2, -0.15) is 0 Å². The third-order valence-corrected chi connectivity index (χ3v) is 6.41. The van der Waals surface area contributed by atoms with Crippen molar-refractivity contribution in [3.05, 3.63) is 82.5 Å². The van der Waals surface area contributed by atoms with Gasteiger partial charge in [0.2, 0.25) is 0 Å². The summed E-state index contributed by atoms with van der Waals surface area (Å²) in [5, 5.41) is 21.6. The van der Waals surface area contributed by atoms with Crippen LogP contribution in [-0.4, -0.2) is 35.3 Å². The van der Waals surface area contributed by atoms with E-state index in [-0.39, 0.29) is 28.2 Å². The predicted octanol–water partition coefficient (Wildman–Crippen LogP) is 5.35. The Balaban J connectivity index is 1.80. The third-order valence-electron chi connectivity index (χ3n) is 6.41. The largest absolute Gasteiger partial charge is 0.507 e. The van der Waals surface area contributed by atoms with E-state index >= 15 is 0 Å². The van der Waals surface area contributed by atoms with Crippen molar-refractivity contribution < 1.29 is 14.6 Å². The maximum absolute atomic E-state index is 13.3. The molecule has 2 heterocycles. The monoisotopic (exact) mass is 427 g/mol. The van der Waals surface area contributed by atoms with Crippen LogP contribution in [0.1, 0.15) is 24.3 Å². The maximum atomic E-state index is 13.3. The molecule has 4 aromatic rings. The van der Waals surface area contributed by atoms with Crippen LogP contribution < -0.4 is 5.43 Å². The smallest absolute Gasteiger partial charge is 0.197 e. The van der Waals surface area contributed by atoms with Gasteiger partial charge in [-0.3, -0.25) is 4.79 Å². The number of nitrogens with zero attached hydrogens (tertiary/aromatic N) is 1. The van der Waals surface area contributed by atoms with Gasteiger partial charge in [0, 0.05) is 11.6 Å². The molecular weight excluding hydrogens is 402 g/mol. The minimum atomic E-state index is -0.325. The van der Waals surface area contributed by atoms with E-state index in [4.69, 9.17) is 4.42 Å². The lowest BCUT2D eigenvalue weighted by Crippen LogP contribution is -2.29. The number of benzene rings is 3. The second-order valence-electron chi connectivity index (χ2n) is 8.50. The topological polar surface area (TPSA) is 73.9 Å². The molecule has 5 nitrogen and oxygen atoms in total. The van der Waals surface area contributed by atoms with Gasteiger partial charge in [0.15, 0.2) is 5.43 Å². The lowest BCUT2D eigenvalue weighted by molar-refractivity contribution is 0.255. The Labute approximate surface area is 186 Å². The summed E-state index contributed by atoms with van der Waals surface area (Å²) < 4.78 is 6.26. The fourth-order valence-corrected chi connectivity index (χ4v) is 4.62. The molecule has 0 atom stereocenters. The minimum absolute atomic E-state index is 0.0426. The van der Waals surface area contributed by atoms with Gasteiger partial charge in [-0.05, 0) is 68.2 Å². The van der Waals surface area contributed by atoms with Crippen LogP contribution in [0, 0.1) is 0 Å². The number of aromatic hydroxyl groups is 2. The van der Waals surface area contributed by atoms with Crippen molar-refractivity contribution in [2.24, 2.45) is 0 Å². The summed E-state index contributed by atoms with van der Waals surface area (Å²) in [5.74, 6) is 0.475. The lowest BCUT2D eigenvalue weighted by atomic mass is 9.86. The number of hydrogen-bond acceptors (Lipinski definition) is 5. The van der Waals surface area contributed by atoms with Crippen LogP contribution in [0.2, 0.25) is 0 Å². The van der Waals surface area contributed by atoms with E-state index in [0.29, 0.717) is 22.5 Å². The van der Waals surface area contributed by atoms with Crippen LogP contribution in [0.5, 0.6) is 11.5 Å². The lowest BCUT2D eigenvalue weighted by Gasteiger charge is -2.30. The van der Waals surface area contributed by atoms with Crippen LogP contribution in [0.4, 0.5) is 0 Å². The Kier molecular flexibility index (Phi) is 5.19. The second kappa shape index (κ2) is 8.17. The first-order chi connectivity index (χ1) is 15.5. The zero-order valence-electron chi connectivity index (χ0n) is 17.9. The molecule has 1 aliphatic rings. The van der Waals surface area contributed by atoms with E-state index in [1.807, 2.05) is 36.4 Å². The van der Waals surface area contributed by atoms with Crippen molar-refractivity contribution in [2.45, 2.75) is 18.8 Å². The van der Waals surface area contributed by atoms with Crippen LogP contribution in [0.25, 0.3) is 33.4 Å². The first-order valence-electron chi connectivity index (χ1n) is 10.9. The number of piperidine rings is 1. The highest BCUT2D eigenvalue weighted by atomic mass is 16.3. The summed E-state index contributed by atoms with van der Waals surface area (Å²) in [6, 6.07) is 19.7. The predicted molar refractivity (Wildman–Crippen MR) is 126 cm³/mol. The highest BCUT2D eigenvalue weighted by Crippen LogP contribution is 2.43. The normalized spacial score (nSPS) is 15.3. The van der Waals surface area contributed by atoms with Crippen molar-refractivity contribution in [3.8, 4) is 33.9 Å². The van der Waals surface area contributed by atoms with Crippen molar-refractivity contribution >= 4 is 11.0 Å². The summed E-state index contributed by atoms with van der Waals surface area (Å²) in [4.78, 5) is 15.6. The van der Waals surface area contributed by atoms with Gasteiger partial charge in [-0.25, -0.2) is 0 Å². The number of phenols is 2. The Morgan fingerprint density at radius 3 is 2.31 bits per heavy atom. The Bertz CT molecular complexity index is 1340. The van der Waals surface area contributed by atoms with Gasteiger partial charge >= 0.3 is 0 Å². The third kappa shape index (κ3) is 3.55. The molecule has 1 saturated heterocycles. The van der Waals surface area contributed by atoms with E-state index in [0.717, 1.165) is 37.1 Å². The molecule has 0 saturated carbocycles. The summed E-state index contributed by atoms with van der Waals surface area (Å²) in [7, 11) is 2.11. The summed E-state index contributed by atoms with van der Waals surface area (Å²) in [6.07, 6.45) is 1.88. The van der Waals surface area contributed by atoms with Gasteiger partial charge in [0.05, 0.1) is 5.56 Å². The molecule has 0 aliphatic carbocycles. The second-order valence-corrected chi connectivity index (χ2v) is 8.50. The molecular formula is C27H25NO4. The number of phenolic OH excluding ortho intramolecular Hbond substituents is 2. The van der Waals surface area contributed by atoms with Crippen molar-refractivity contribution in [1.29, 1.82) is 0 Å². The fraction of sp³-hybridized carbons (Fsp3) is 0.222. The summed E-state index contributed by atoms with van der Waals surface area (Å²) in [6.45, 7) is 1.91. The van der Waals surface area contributed by atoms with Crippen LogP contribution in [0.3, 0.4) is 0 Å². The zero-order chi connectivity index (χ0) is 22.2. The zero-order valence-corrected chi connectivity index (χ0v) is 17.9. The molecule has 0 unspecified atom stereocenters. The summed E-state index contributed by atoms with van der Waals surface area (Å²) in [5.41, 5.74) is 2.95. The maximum Gasteiger partial charge on any atom is 0.197 e. The average molecular weight is 428 g/mol. The standard InChI is InChI=1S/C27H25NO4/c1-28-13-11-18(12-14-28)21-15-20(17-7-3-2-4-8-17)26(31)25-23(30)16-24(32-27(21)25)19-9-5-6-10-22(19)29/h2-10,15-16,18,29,31H,11-14H2,1H3. The fourth-order valence-electron chi connectivity index (χ4n) is 4.62. The van der Waals surface area contributed by atoms with Crippen LogP contribution in [0.15, 0.2) is 75.9 Å². The quantitative estimate of drug-likeness (QED) is 0.461. The highest BCUT2D eigenvalue weighted by Gasteiger charge is 2.26. The van der Waals surface area contributed by atoms with E-state index in [1.165, 1.54) is 6.07 Å². The molecule has 0 bridgehead atoms. The number of likely N-dealkylation sites (tertiary alicyclic amines) is 1. The minimum Gasteiger partial charge on any atom is -0.507 e. The molecule has 2 N–H and O–H groups in total. The number of hydrogen-bond donors (Lipinski definition) is 2. The molecule has 3 aromatic carbocycles. The first kappa shape index (κ1) is 20.3. The molecule has 5 rings (SSSR count). The Hall–Kier alpha value is -3.57. The molecule has 0 spiro atoms. The van der Waals surface area contributed by atoms with Gasteiger partial charge in [0.25, 0.3) is 0 Å². The molecule has 32 heavy (non-hydrogen) atoms. The first-order valence-corrected chi connectivity index (χ1v) is 10.9. The van der Waals surface area contributed by atoms with Crippen LogP contribution >= 0.6 is 0 Å². The summed E-state index contributed by atoms with van der Waals surface area (Å²) >= 11 is 0. The highest BCUT2D eigenvalue weighted by molar-refractivity contribution is 5.95. The van der Waals surface area contributed by atoms with E-state index in [9.17, 15) is 15.0 Å². The van der Waals surface area contributed by atoms with Gasteiger partial charge in [-0.15, -0.1) is 0 Å².